The molecule has 1 aromatic heterocycles. The summed E-state index contributed by atoms with van der Waals surface area (Å²) in [6, 6.07) is 14.5. The van der Waals surface area contributed by atoms with Crippen molar-refractivity contribution >= 4 is 23.4 Å². The lowest BCUT2D eigenvalue weighted by Gasteiger charge is -2.26. The molecule has 1 aliphatic rings. The van der Waals surface area contributed by atoms with Gasteiger partial charge in [0.1, 0.15) is 5.75 Å². The number of fused-ring (bicyclic) bond motifs is 1. The van der Waals surface area contributed by atoms with Gasteiger partial charge in [0, 0.05) is 22.6 Å². The van der Waals surface area contributed by atoms with Gasteiger partial charge in [-0.1, -0.05) is 41.9 Å². The summed E-state index contributed by atoms with van der Waals surface area (Å²) in [7, 11) is 0. The molecule has 2 heterocycles. The Bertz CT molecular complexity index is 1030. The maximum absolute atomic E-state index is 12.6. The predicted molar refractivity (Wildman–Crippen MR) is 109 cm³/mol. The van der Waals surface area contributed by atoms with Gasteiger partial charge in [0.2, 0.25) is 5.91 Å². The fourth-order valence-corrected chi connectivity index (χ4v) is 3.41. The van der Waals surface area contributed by atoms with Crippen molar-refractivity contribution in [2.75, 3.05) is 13.2 Å². The monoisotopic (exact) mass is 410 g/mol. The molecule has 29 heavy (non-hydrogen) atoms. The fourth-order valence-electron chi connectivity index (χ4n) is 3.29. The van der Waals surface area contributed by atoms with E-state index in [1.165, 1.54) is 6.20 Å². The van der Waals surface area contributed by atoms with Crippen LogP contribution in [0.25, 0.3) is 11.3 Å². The zero-order valence-electron chi connectivity index (χ0n) is 15.4. The van der Waals surface area contributed by atoms with Crippen molar-refractivity contribution in [1.82, 2.24) is 20.8 Å². The second-order valence-electron chi connectivity index (χ2n) is 6.64. The van der Waals surface area contributed by atoms with Gasteiger partial charge in [-0.3, -0.25) is 14.7 Å². The number of halogens is 1. The quantitative estimate of drug-likeness (QED) is 0.602. The number of hydrogen-bond acceptors (Lipinski definition) is 4. The van der Waals surface area contributed by atoms with Crippen LogP contribution in [0.5, 0.6) is 5.75 Å². The standard InChI is InChI=1S/C21H19ClN4O3/c22-14-7-5-13(6-8-14)20-16(11-24-26-20)21(28)23-12-19(27)25-17-9-10-29-18-4-2-1-3-15(17)18/h1-8,11,17H,9-10,12H2,(H,23,28)(H,24,26)(H,25,27). The van der Waals surface area contributed by atoms with Crippen molar-refractivity contribution in [3.8, 4) is 17.0 Å². The van der Waals surface area contributed by atoms with Crippen molar-refractivity contribution in [1.29, 1.82) is 0 Å². The molecule has 0 saturated carbocycles. The number of carbonyl (C=O) groups is 2. The van der Waals surface area contributed by atoms with E-state index in [9.17, 15) is 9.59 Å². The summed E-state index contributed by atoms with van der Waals surface area (Å²) in [5.41, 5.74) is 2.65. The molecular weight excluding hydrogens is 392 g/mol. The molecule has 0 fully saturated rings. The molecule has 0 saturated heterocycles. The third-order valence-corrected chi connectivity index (χ3v) is 4.97. The van der Waals surface area contributed by atoms with Crippen LogP contribution < -0.4 is 15.4 Å². The molecule has 8 heteroatoms. The summed E-state index contributed by atoms with van der Waals surface area (Å²) in [4.78, 5) is 24.9. The minimum atomic E-state index is -0.383. The fraction of sp³-hybridized carbons (Fsp3) is 0.190. The number of H-pyrrole nitrogens is 1. The van der Waals surface area contributed by atoms with E-state index in [0.29, 0.717) is 29.3 Å². The van der Waals surface area contributed by atoms with Gasteiger partial charge < -0.3 is 15.4 Å². The number of ether oxygens (including phenoxy) is 1. The summed E-state index contributed by atoms with van der Waals surface area (Å²) >= 11 is 5.91. The Morgan fingerprint density at radius 2 is 1.97 bits per heavy atom. The van der Waals surface area contributed by atoms with Crippen LogP contribution in [0, 0.1) is 0 Å². The highest BCUT2D eigenvalue weighted by Crippen LogP contribution is 2.31. The number of benzene rings is 2. The molecule has 2 amide bonds. The van der Waals surface area contributed by atoms with Crippen LogP contribution in [0.3, 0.4) is 0 Å². The van der Waals surface area contributed by atoms with Crippen LogP contribution in [-0.2, 0) is 4.79 Å². The number of carbonyl (C=O) groups excluding carboxylic acids is 2. The predicted octanol–water partition coefficient (Wildman–Crippen LogP) is 3.10. The molecule has 3 N–H and O–H groups in total. The molecule has 2 aromatic carbocycles. The van der Waals surface area contributed by atoms with Gasteiger partial charge in [0.05, 0.1) is 36.6 Å². The first-order chi connectivity index (χ1) is 14.1. The van der Waals surface area contributed by atoms with Gasteiger partial charge in [0.25, 0.3) is 5.91 Å². The van der Waals surface area contributed by atoms with Crippen LogP contribution >= 0.6 is 11.6 Å². The minimum Gasteiger partial charge on any atom is -0.493 e. The van der Waals surface area contributed by atoms with Crippen molar-refractivity contribution < 1.29 is 14.3 Å². The van der Waals surface area contributed by atoms with Crippen molar-refractivity contribution in [2.45, 2.75) is 12.5 Å². The van der Waals surface area contributed by atoms with Gasteiger partial charge in [0.15, 0.2) is 0 Å². The number of nitrogens with zero attached hydrogens (tertiary/aromatic N) is 1. The Morgan fingerprint density at radius 3 is 2.79 bits per heavy atom. The Morgan fingerprint density at radius 1 is 1.17 bits per heavy atom. The molecule has 0 bridgehead atoms. The third kappa shape index (κ3) is 4.25. The van der Waals surface area contributed by atoms with Crippen LogP contribution in [0.4, 0.5) is 0 Å². The number of rotatable bonds is 5. The lowest BCUT2D eigenvalue weighted by atomic mass is 10.0. The maximum atomic E-state index is 12.6. The number of nitrogens with one attached hydrogen (secondary N) is 3. The molecule has 0 radical (unpaired) electrons. The largest absolute Gasteiger partial charge is 0.493 e. The Kier molecular flexibility index (Phi) is 5.48. The van der Waals surface area contributed by atoms with E-state index >= 15 is 0 Å². The summed E-state index contributed by atoms with van der Waals surface area (Å²) in [5.74, 6) is 0.127. The van der Waals surface area contributed by atoms with Gasteiger partial charge in [-0.2, -0.15) is 5.10 Å². The molecule has 4 rings (SSSR count). The van der Waals surface area contributed by atoms with Crippen LogP contribution in [-0.4, -0.2) is 35.2 Å². The van der Waals surface area contributed by atoms with Gasteiger partial charge >= 0.3 is 0 Å². The second-order valence-corrected chi connectivity index (χ2v) is 7.08. The Balaban J connectivity index is 1.38. The second kappa shape index (κ2) is 8.36. The number of aromatic amines is 1. The molecule has 0 spiro atoms. The Labute approximate surface area is 172 Å². The molecule has 3 aromatic rings. The van der Waals surface area contributed by atoms with Crippen LogP contribution in [0.15, 0.2) is 54.7 Å². The minimum absolute atomic E-state index is 0.135. The zero-order valence-corrected chi connectivity index (χ0v) is 16.2. The van der Waals surface area contributed by atoms with Gasteiger partial charge in [-0.15, -0.1) is 0 Å². The van der Waals surface area contributed by atoms with Crippen LogP contribution in [0.1, 0.15) is 28.4 Å². The first-order valence-corrected chi connectivity index (χ1v) is 9.58. The first kappa shape index (κ1) is 19.0. The lowest BCUT2D eigenvalue weighted by molar-refractivity contribution is -0.121. The average molecular weight is 411 g/mol. The highest BCUT2D eigenvalue weighted by Gasteiger charge is 2.23. The average Bonchev–Trinajstić information content (AvgIpc) is 3.23. The number of aromatic nitrogens is 2. The van der Waals surface area contributed by atoms with Gasteiger partial charge in [-0.25, -0.2) is 0 Å². The first-order valence-electron chi connectivity index (χ1n) is 9.20. The Hall–Kier alpha value is -3.32. The van der Waals surface area contributed by atoms with Crippen molar-refractivity contribution in [3.63, 3.8) is 0 Å². The maximum Gasteiger partial charge on any atom is 0.255 e. The lowest BCUT2D eigenvalue weighted by Crippen LogP contribution is -2.40. The molecule has 7 nitrogen and oxygen atoms in total. The number of amides is 2. The summed E-state index contributed by atoms with van der Waals surface area (Å²) in [5, 5.41) is 13.0. The van der Waals surface area contributed by atoms with E-state index in [4.69, 9.17) is 16.3 Å². The summed E-state index contributed by atoms with van der Waals surface area (Å²) < 4.78 is 5.61. The summed E-state index contributed by atoms with van der Waals surface area (Å²) in [6.07, 6.45) is 2.12. The molecule has 0 aliphatic carbocycles. The molecule has 1 aliphatic heterocycles. The van der Waals surface area contributed by atoms with E-state index in [1.807, 2.05) is 24.3 Å². The van der Waals surface area contributed by atoms with Crippen LogP contribution in [0.2, 0.25) is 5.02 Å². The molecule has 148 valence electrons. The van der Waals surface area contributed by atoms with E-state index < -0.39 is 0 Å². The normalized spacial score (nSPS) is 15.1. The number of para-hydroxylation sites is 1. The molecule has 1 unspecified atom stereocenters. The van der Waals surface area contributed by atoms with E-state index in [-0.39, 0.29) is 24.4 Å². The zero-order chi connectivity index (χ0) is 20.2. The summed E-state index contributed by atoms with van der Waals surface area (Å²) in [6.45, 7) is 0.400. The van der Waals surface area contributed by atoms with E-state index in [0.717, 1.165) is 16.9 Å². The van der Waals surface area contributed by atoms with E-state index in [1.54, 1.807) is 24.3 Å². The highest BCUT2D eigenvalue weighted by atomic mass is 35.5. The van der Waals surface area contributed by atoms with E-state index in [2.05, 4.69) is 20.8 Å². The van der Waals surface area contributed by atoms with Crippen molar-refractivity contribution in [2.24, 2.45) is 0 Å². The highest BCUT2D eigenvalue weighted by molar-refractivity contribution is 6.30. The van der Waals surface area contributed by atoms with Crippen molar-refractivity contribution in [3.05, 3.63) is 70.9 Å². The SMILES string of the molecule is O=C(CNC(=O)c1cn[nH]c1-c1ccc(Cl)cc1)NC1CCOc2ccccc21. The topological polar surface area (TPSA) is 96.1 Å². The smallest absolute Gasteiger partial charge is 0.255 e. The molecular formula is C21H19ClN4O3. The third-order valence-electron chi connectivity index (χ3n) is 4.72. The van der Waals surface area contributed by atoms with Gasteiger partial charge in [-0.05, 0) is 18.2 Å². The number of hydrogen-bond donors (Lipinski definition) is 3. The molecule has 1 atom stereocenters.